The predicted molar refractivity (Wildman–Crippen MR) is 72.2 cm³/mol. The Labute approximate surface area is 112 Å². The molecule has 1 fully saturated rings. The van der Waals surface area contributed by atoms with Crippen LogP contribution in [0.5, 0.6) is 0 Å². The van der Waals surface area contributed by atoms with Gasteiger partial charge in [0.25, 0.3) is 0 Å². The van der Waals surface area contributed by atoms with Crippen molar-refractivity contribution < 1.29 is 14.7 Å². The van der Waals surface area contributed by atoms with Crippen molar-refractivity contribution in [3.8, 4) is 0 Å². The average molecular weight is 262 g/mol. The Kier molecular flexibility index (Phi) is 3.74. The molecule has 0 aromatic heterocycles. The Balaban J connectivity index is 1.88. The number of carboxylic acids is 1. The smallest absolute Gasteiger partial charge is 0.319 e. The van der Waals surface area contributed by atoms with E-state index in [9.17, 15) is 9.59 Å². The van der Waals surface area contributed by atoms with Gasteiger partial charge < -0.3 is 15.7 Å². The zero-order valence-electron chi connectivity index (χ0n) is 10.9. The van der Waals surface area contributed by atoms with E-state index in [1.54, 1.807) is 24.3 Å². The van der Waals surface area contributed by atoms with Crippen LogP contribution in [0.3, 0.4) is 0 Å². The van der Waals surface area contributed by atoms with Crippen LogP contribution in [0.25, 0.3) is 0 Å². The van der Waals surface area contributed by atoms with Crippen LogP contribution in [0, 0.1) is 0 Å². The fourth-order valence-corrected chi connectivity index (χ4v) is 2.15. The van der Waals surface area contributed by atoms with Gasteiger partial charge in [-0.15, -0.1) is 0 Å². The lowest BCUT2D eigenvalue weighted by Crippen LogP contribution is -2.52. The molecule has 1 aliphatic carbocycles. The fraction of sp³-hybridized carbons (Fsp3) is 0.429. The molecule has 5 heteroatoms. The summed E-state index contributed by atoms with van der Waals surface area (Å²) in [6.45, 7) is 2.03. The van der Waals surface area contributed by atoms with E-state index in [0.29, 0.717) is 11.3 Å². The van der Waals surface area contributed by atoms with Crippen molar-refractivity contribution in [2.75, 3.05) is 5.32 Å². The topological polar surface area (TPSA) is 78.4 Å². The molecule has 1 aromatic carbocycles. The van der Waals surface area contributed by atoms with Gasteiger partial charge in [-0.2, -0.15) is 0 Å². The number of urea groups is 1. The second kappa shape index (κ2) is 5.30. The lowest BCUT2D eigenvalue weighted by molar-refractivity contribution is -0.136. The van der Waals surface area contributed by atoms with E-state index < -0.39 is 5.97 Å². The van der Waals surface area contributed by atoms with E-state index in [2.05, 4.69) is 10.6 Å². The molecule has 5 nitrogen and oxygen atoms in total. The zero-order valence-corrected chi connectivity index (χ0v) is 10.9. The molecule has 0 spiro atoms. The minimum Gasteiger partial charge on any atom is -0.481 e. The van der Waals surface area contributed by atoms with Crippen molar-refractivity contribution in [1.82, 2.24) is 5.32 Å². The van der Waals surface area contributed by atoms with Crippen molar-refractivity contribution in [3.63, 3.8) is 0 Å². The maximum atomic E-state index is 11.8. The third-order valence-electron chi connectivity index (χ3n) is 3.44. The first kappa shape index (κ1) is 13.4. The minimum atomic E-state index is -0.864. The maximum absolute atomic E-state index is 11.8. The van der Waals surface area contributed by atoms with Crippen LogP contribution in [0.1, 0.15) is 31.7 Å². The van der Waals surface area contributed by atoms with Gasteiger partial charge in [0.15, 0.2) is 0 Å². The summed E-state index contributed by atoms with van der Waals surface area (Å²) in [5.74, 6) is -0.864. The number of carbonyl (C=O) groups excluding carboxylic acids is 1. The first-order valence-electron chi connectivity index (χ1n) is 6.37. The van der Waals surface area contributed by atoms with Gasteiger partial charge in [-0.1, -0.05) is 12.1 Å². The quantitative estimate of drug-likeness (QED) is 0.779. The van der Waals surface area contributed by atoms with Crippen LogP contribution in [-0.2, 0) is 11.2 Å². The molecule has 2 amide bonds. The normalized spacial score (nSPS) is 16.3. The Bertz CT molecular complexity index is 478. The minimum absolute atomic E-state index is 0.00938. The van der Waals surface area contributed by atoms with Crippen molar-refractivity contribution >= 4 is 17.7 Å². The van der Waals surface area contributed by atoms with Gasteiger partial charge in [-0.3, -0.25) is 4.79 Å². The summed E-state index contributed by atoms with van der Waals surface area (Å²) in [7, 11) is 0. The fourth-order valence-electron chi connectivity index (χ4n) is 2.15. The molecule has 3 N–H and O–H groups in total. The molecule has 0 unspecified atom stereocenters. The van der Waals surface area contributed by atoms with Gasteiger partial charge in [-0.25, -0.2) is 4.79 Å². The number of rotatable bonds is 4. The monoisotopic (exact) mass is 262 g/mol. The number of benzene rings is 1. The Hall–Kier alpha value is -2.04. The summed E-state index contributed by atoms with van der Waals surface area (Å²) in [6, 6.07) is 6.61. The molecule has 0 aliphatic heterocycles. The van der Waals surface area contributed by atoms with Crippen LogP contribution in [-0.4, -0.2) is 22.6 Å². The van der Waals surface area contributed by atoms with Crippen molar-refractivity contribution in [2.24, 2.45) is 0 Å². The predicted octanol–water partition coefficient (Wildman–Crippen LogP) is 2.38. The van der Waals surface area contributed by atoms with Gasteiger partial charge in [0, 0.05) is 11.2 Å². The molecule has 0 heterocycles. The number of aliphatic carboxylic acids is 1. The van der Waals surface area contributed by atoms with Gasteiger partial charge in [0.2, 0.25) is 0 Å². The average Bonchev–Trinajstić information content (AvgIpc) is 2.29. The molecule has 1 aromatic rings. The maximum Gasteiger partial charge on any atom is 0.319 e. The highest BCUT2D eigenvalue weighted by molar-refractivity contribution is 5.89. The lowest BCUT2D eigenvalue weighted by Gasteiger charge is -2.38. The van der Waals surface area contributed by atoms with Crippen molar-refractivity contribution in [1.29, 1.82) is 0 Å². The van der Waals surface area contributed by atoms with Gasteiger partial charge in [0.05, 0.1) is 6.42 Å². The second-order valence-corrected chi connectivity index (χ2v) is 5.26. The molecule has 1 aliphatic rings. The van der Waals surface area contributed by atoms with E-state index in [4.69, 9.17) is 5.11 Å². The molecular weight excluding hydrogens is 244 g/mol. The van der Waals surface area contributed by atoms with E-state index in [1.807, 2.05) is 6.92 Å². The highest BCUT2D eigenvalue weighted by Gasteiger charge is 2.33. The molecule has 0 atom stereocenters. The van der Waals surface area contributed by atoms with E-state index in [1.165, 1.54) is 0 Å². The Morgan fingerprint density at radius 2 is 1.89 bits per heavy atom. The Morgan fingerprint density at radius 1 is 1.26 bits per heavy atom. The van der Waals surface area contributed by atoms with Crippen LogP contribution < -0.4 is 10.6 Å². The highest BCUT2D eigenvalue weighted by Crippen LogP contribution is 2.30. The molecule has 0 bridgehead atoms. The number of nitrogens with one attached hydrogen (secondary N) is 2. The molecule has 102 valence electrons. The largest absolute Gasteiger partial charge is 0.481 e. The Morgan fingerprint density at radius 3 is 2.37 bits per heavy atom. The van der Waals surface area contributed by atoms with Crippen LogP contribution in [0.15, 0.2) is 24.3 Å². The standard InChI is InChI=1S/C14H18N2O3/c1-14(7-2-8-14)16-13(19)15-11-5-3-10(4-6-11)9-12(17)18/h3-6H,2,7-9H2,1H3,(H,17,18)(H2,15,16,19). The first-order chi connectivity index (χ1) is 8.97. The SMILES string of the molecule is CC1(NC(=O)Nc2ccc(CC(=O)O)cc2)CCC1. The first-order valence-corrected chi connectivity index (χ1v) is 6.37. The number of amides is 2. The van der Waals surface area contributed by atoms with E-state index in [0.717, 1.165) is 19.3 Å². The summed E-state index contributed by atoms with van der Waals surface area (Å²) in [5, 5.41) is 14.4. The number of hydrogen-bond acceptors (Lipinski definition) is 2. The second-order valence-electron chi connectivity index (χ2n) is 5.26. The van der Waals surface area contributed by atoms with E-state index in [-0.39, 0.29) is 18.0 Å². The van der Waals surface area contributed by atoms with Crippen LogP contribution >= 0.6 is 0 Å². The molecule has 2 rings (SSSR count). The van der Waals surface area contributed by atoms with Crippen LogP contribution in [0.4, 0.5) is 10.5 Å². The zero-order chi connectivity index (χ0) is 13.9. The number of hydrogen-bond donors (Lipinski definition) is 3. The third-order valence-corrected chi connectivity index (χ3v) is 3.44. The van der Waals surface area contributed by atoms with Crippen LogP contribution in [0.2, 0.25) is 0 Å². The summed E-state index contributed by atoms with van der Waals surface area (Å²) in [4.78, 5) is 22.3. The third kappa shape index (κ3) is 3.71. The summed E-state index contributed by atoms with van der Waals surface area (Å²) in [5.41, 5.74) is 1.30. The molecule has 1 saturated carbocycles. The van der Waals surface area contributed by atoms with Gasteiger partial charge in [-0.05, 0) is 43.9 Å². The number of carbonyl (C=O) groups is 2. The molecular formula is C14H18N2O3. The van der Waals surface area contributed by atoms with Gasteiger partial charge in [0.1, 0.15) is 0 Å². The molecule has 19 heavy (non-hydrogen) atoms. The number of anilines is 1. The van der Waals surface area contributed by atoms with E-state index >= 15 is 0 Å². The van der Waals surface area contributed by atoms with Crippen molar-refractivity contribution in [2.45, 2.75) is 38.1 Å². The molecule has 0 radical (unpaired) electrons. The van der Waals surface area contributed by atoms with Crippen molar-refractivity contribution in [3.05, 3.63) is 29.8 Å². The summed E-state index contributed by atoms with van der Waals surface area (Å²) >= 11 is 0. The lowest BCUT2D eigenvalue weighted by atomic mass is 9.79. The number of carboxylic acid groups (broad SMARTS) is 1. The summed E-state index contributed by atoms with van der Waals surface area (Å²) < 4.78 is 0. The van der Waals surface area contributed by atoms with Gasteiger partial charge >= 0.3 is 12.0 Å². The molecule has 0 saturated heterocycles. The summed E-state index contributed by atoms with van der Waals surface area (Å²) in [6.07, 6.45) is 3.17. The highest BCUT2D eigenvalue weighted by atomic mass is 16.4.